The molecule has 0 N–H and O–H groups in total. The molecule has 0 radical (unpaired) electrons. The van der Waals surface area contributed by atoms with Crippen LogP contribution >= 0.6 is 11.6 Å². The van der Waals surface area contributed by atoms with Crippen molar-refractivity contribution in [3.63, 3.8) is 0 Å². The summed E-state index contributed by atoms with van der Waals surface area (Å²) in [4.78, 5) is 8.45. The van der Waals surface area contributed by atoms with Crippen molar-refractivity contribution in [2.45, 2.75) is 6.92 Å². The molecular formula is C15H12ClFN2. The molecule has 0 saturated carbocycles. The molecule has 4 heteroatoms. The SMILES string of the molecule is C=C/C(F)=C(\C=C)c1cc2c(C)nccc2nc1Cl. The Kier molecular flexibility index (Phi) is 3.76. The zero-order valence-electron chi connectivity index (χ0n) is 10.5. The fourth-order valence-corrected chi connectivity index (χ4v) is 2.09. The van der Waals surface area contributed by atoms with Gasteiger partial charge in [-0.3, -0.25) is 4.98 Å². The third-order valence-electron chi connectivity index (χ3n) is 2.83. The lowest BCUT2D eigenvalue weighted by atomic mass is 10.0. The summed E-state index contributed by atoms with van der Waals surface area (Å²) in [5.41, 5.74) is 2.30. The maximum atomic E-state index is 13.8. The van der Waals surface area contributed by atoms with Gasteiger partial charge >= 0.3 is 0 Å². The predicted octanol–water partition coefficient (Wildman–Crippen LogP) is 4.64. The molecule has 0 atom stereocenters. The van der Waals surface area contributed by atoms with Gasteiger partial charge < -0.3 is 0 Å². The normalized spacial score (nSPS) is 12.2. The average Bonchev–Trinajstić information content (AvgIpc) is 2.40. The average molecular weight is 275 g/mol. The van der Waals surface area contributed by atoms with Crippen LogP contribution in [0.25, 0.3) is 16.5 Å². The number of halogens is 2. The van der Waals surface area contributed by atoms with Gasteiger partial charge in [0.15, 0.2) is 0 Å². The van der Waals surface area contributed by atoms with Crippen molar-refractivity contribution in [3.05, 3.63) is 65.9 Å². The lowest BCUT2D eigenvalue weighted by Crippen LogP contribution is -1.93. The molecule has 0 fully saturated rings. The molecule has 0 amide bonds. The maximum absolute atomic E-state index is 13.8. The van der Waals surface area contributed by atoms with E-state index in [1.165, 1.54) is 6.08 Å². The third kappa shape index (κ3) is 2.42. The summed E-state index contributed by atoms with van der Waals surface area (Å²) < 4.78 is 13.8. The van der Waals surface area contributed by atoms with Gasteiger partial charge in [-0.15, -0.1) is 0 Å². The molecule has 2 rings (SSSR count). The zero-order chi connectivity index (χ0) is 14.0. The van der Waals surface area contributed by atoms with Gasteiger partial charge in [0, 0.05) is 28.4 Å². The van der Waals surface area contributed by atoms with E-state index < -0.39 is 5.83 Å². The molecule has 2 nitrogen and oxygen atoms in total. The maximum Gasteiger partial charge on any atom is 0.137 e. The quantitative estimate of drug-likeness (QED) is 0.602. The minimum atomic E-state index is -0.486. The minimum Gasteiger partial charge on any atom is -0.261 e. The molecule has 0 spiro atoms. The largest absolute Gasteiger partial charge is 0.261 e. The molecule has 2 aromatic rings. The first-order chi connectivity index (χ1) is 9.08. The van der Waals surface area contributed by atoms with Gasteiger partial charge in [0.05, 0.1) is 5.52 Å². The van der Waals surface area contributed by atoms with Crippen molar-refractivity contribution in [2.24, 2.45) is 0 Å². The second-order valence-corrected chi connectivity index (χ2v) is 4.32. The topological polar surface area (TPSA) is 25.8 Å². The van der Waals surface area contributed by atoms with E-state index in [-0.39, 0.29) is 10.7 Å². The Morgan fingerprint density at radius 2 is 2.11 bits per heavy atom. The first-order valence-corrected chi connectivity index (χ1v) is 6.03. The number of rotatable bonds is 3. The highest BCUT2D eigenvalue weighted by atomic mass is 35.5. The van der Waals surface area contributed by atoms with Gasteiger partial charge in [-0.25, -0.2) is 9.37 Å². The Bertz CT molecular complexity index is 705. The molecule has 0 aliphatic heterocycles. The van der Waals surface area contributed by atoms with Crippen molar-refractivity contribution >= 4 is 28.1 Å². The van der Waals surface area contributed by atoms with Crippen LogP contribution in [0.4, 0.5) is 4.39 Å². The summed E-state index contributed by atoms with van der Waals surface area (Å²) in [5.74, 6) is -0.486. The highest BCUT2D eigenvalue weighted by Crippen LogP contribution is 2.30. The fourth-order valence-electron chi connectivity index (χ4n) is 1.85. The predicted molar refractivity (Wildman–Crippen MR) is 77.7 cm³/mol. The third-order valence-corrected chi connectivity index (χ3v) is 3.11. The van der Waals surface area contributed by atoms with E-state index in [2.05, 4.69) is 23.1 Å². The molecule has 0 aromatic carbocycles. The first-order valence-electron chi connectivity index (χ1n) is 5.65. The fraction of sp³-hybridized carbons (Fsp3) is 0.0667. The van der Waals surface area contributed by atoms with E-state index in [0.717, 1.165) is 22.7 Å². The lowest BCUT2D eigenvalue weighted by Gasteiger charge is -2.08. The van der Waals surface area contributed by atoms with E-state index in [1.807, 2.05) is 6.92 Å². The second kappa shape index (κ2) is 5.33. The number of pyridine rings is 2. The van der Waals surface area contributed by atoms with Crippen LogP contribution in [0.1, 0.15) is 11.3 Å². The number of nitrogens with zero attached hydrogens (tertiary/aromatic N) is 2. The Morgan fingerprint density at radius 3 is 2.74 bits per heavy atom. The molecule has 0 saturated heterocycles. The lowest BCUT2D eigenvalue weighted by molar-refractivity contribution is 0.672. The Balaban J connectivity index is 2.81. The van der Waals surface area contributed by atoms with Gasteiger partial charge in [-0.1, -0.05) is 30.8 Å². The number of allylic oxidation sites excluding steroid dienone is 4. The van der Waals surface area contributed by atoms with Crippen molar-refractivity contribution in [1.82, 2.24) is 9.97 Å². The molecule has 0 aliphatic carbocycles. The van der Waals surface area contributed by atoms with Gasteiger partial charge in [-0.2, -0.15) is 0 Å². The summed E-state index contributed by atoms with van der Waals surface area (Å²) in [5, 5.41) is 1.06. The van der Waals surface area contributed by atoms with Crippen molar-refractivity contribution in [2.75, 3.05) is 0 Å². The van der Waals surface area contributed by atoms with Crippen LogP contribution in [0.5, 0.6) is 0 Å². The van der Waals surface area contributed by atoms with Gasteiger partial charge in [0.1, 0.15) is 11.0 Å². The van der Waals surface area contributed by atoms with Crippen LogP contribution in [-0.2, 0) is 0 Å². The van der Waals surface area contributed by atoms with E-state index in [4.69, 9.17) is 11.6 Å². The number of aryl methyl sites for hydroxylation is 1. The van der Waals surface area contributed by atoms with Crippen LogP contribution in [0.3, 0.4) is 0 Å². The zero-order valence-corrected chi connectivity index (χ0v) is 11.2. The van der Waals surface area contributed by atoms with Crippen molar-refractivity contribution < 1.29 is 4.39 Å². The number of aromatic nitrogens is 2. The van der Waals surface area contributed by atoms with Gasteiger partial charge in [-0.05, 0) is 25.1 Å². The van der Waals surface area contributed by atoms with Crippen molar-refractivity contribution in [3.8, 4) is 0 Å². The van der Waals surface area contributed by atoms with E-state index >= 15 is 0 Å². The second-order valence-electron chi connectivity index (χ2n) is 3.96. The minimum absolute atomic E-state index is 0.227. The molecule has 0 bridgehead atoms. The van der Waals surface area contributed by atoms with E-state index in [1.54, 1.807) is 18.3 Å². The molecule has 2 aromatic heterocycles. The molecular weight excluding hydrogens is 263 g/mol. The highest BCUT2D eigenvalue weighted by Gasteiger charge is 2.12. The first kappa shape index (κ1) is 13.4. The molecule has 2 heterocycles. The smallest absolute Gasteiger partial charge is 0.137 e. The summed E-state index contributed by atoms with van der Waals surface area (Å²) in [6, 6.07) is 3.53. The summed E-state index contributed by atoms with van der Waals surface area (Å²) in [7, 11) is 0. The van der Waals surface area contributed by atoms with E-state index in [0.29, 0.717) is 5.56 Å². The van der Waals surface area contributed by atoms with Crippen LogP contribution in [0, 0.1) is 6.92 Å². The standard InChI is InChI=1S/C15H12ClFN2/c1-4-10(13(17)5-2)12-8-11-9(3)18-7-6-14(11)19-15(12)16/h4-8H,1-2H2,3H3/b13-10-. The highest BCUT2D eigenvalue weighted by molar-refractivity contribution is 6.31. The number of hydrogen-bond acceptors (Lipinski definition) is 2. The summed E-state index contributed by atoms with van der Waals surface area (Å²) >= 11 is 6.12. The summed E-state index contributed by atoms with van der Waals surface area (Å²) in [6.45, 7) is 8.87. The molecule has 0 aliphatic rings. The Hall–Kier alpha value is -2.00. The van der Waals surface area contributed by atoms with Crippen LogP contribution < -0.4 is 0 Å². The number of hydrogen-bond donors (Lipinski definition) is 0. The van der Waals surface area contributed by atoms with Gasteiger partial charge in [0.2, 0.25) is 0 Å². The van der Waals surface area contributed by atoms with Crippen LogP contribution in [-0.4, -0.2) is 9.97 Å². The molecule has 0 unspecified atom stereocenters. The molecule has 96 valence electrons. The monoisotopic (exact) mass is 274 g/mol. The van der Waals surface area contributed by atoms with Crippen LogP contribution in [0.15, 0.2) is 49.5 Å². The Labute approximate surface area is 116 Å². The Morgan fingerprint density at radius 1 is 1.37 bits per heavy atom. The van der Waals surface area contributed by atoms with E-state index in [9.17, 15) is 4.39 Å². The number of fused-ring (bicyclic) bond motifs is 1. The van der Waals surface area contributed by atoms with Crippen molar-refractivity contribution in [1.29, 1.82) is 0 Å². The van der Waals surface area contributed by atoms with Crippen LogP contribution in [0.2, 0.25) is 5.15 Å². The summed E-state index contributed by atoms with van der Waals surface area (Å²) in [6.07, 6.45) is 4.18. The molecule has 19 heavy (non-hydrogen) atoms. The van der Waals surface area contributed by atoms with Gasteiger partial charge in [0.25, 0.3) is 0 Å².